The van der Waals surface area contributed by atoms with E-state index < -0.39 is 5.60 Å². The Morgan fingerprint density at radius 1 is 1.24 bits per heavy atom. The number of methoxy groups -OCH3 is 1. The average Bonchev–Trinajstić information content (AvgIpc) is 2.55. The Hall–Kier alpha value is -1.40. The van der Waals surface area contributed by atoms with Crippen molar-refractivity contribution in [2.75, 3.05) is 44.7 Å². The molecule has 1 aromatic heterocycles. The van der Waals surface area contributed by atoms with Crippen molar-refractivity contribution in [3.63, 3.8) is 0 Å². The maximum absolute atomic E-state index is 10.4. The maximum Gasteiger partial charge on any atom is 0.228 e. The van der Waals surface area contributed by atoms with Gasteiger partial charge in [0.15, 0.2) is 0 Å². The molecule has 0 amide bonds. The number of β-amino-alcohol motifs (C(OH)–C–C–N with tert-alkyl or cyclic N) is 1. The SMILES string of the molecule is CCC(O)(CC)CN1CCN(c2nccc(OC)n2)CC1. The van der Waals surface area contributed by atoms with Crippen LogP contribution in [-0.2, 0) is 0 Å². The summed E-state index contributed by atoms with van der Waals surface area (Å²) in [5, 5.41) is 10.4. The molecule has 1 aromatic rings. The molecule has 0 unspecified atom stereocenters. The van der Waals surface area contributed by atoms with Gasteiger partial charge in [-0.3, -0.25) is 4.90 Å². The molecule has 0 aromatic carbocycles. The third-order valence-electron chi connectivity index (χ3n) is 4.32. The van der Waals surface area contributed by atoms with Gasteiger partial charge >= 0.3 is 0 Å². The van der Waals surface area contributed by atoms with Gasteiger partial charge in [-0.2, -0.15) is 4.98 Å². The van der Waals surface area contributed by atoms with Gasteiger partial charge in [-0.15, -0.1) is 0 Å². The molecule has 2 rings (SSSR count). The van der Waals surface area contributed by atoms with Gasteiger partial charge in [0.1, 0.15) is 0 Å². The van der Waals surface area contributed by atoms with Gasteiger partial charge in [-0.1, -0.05) is 13.8 Å². The molecular formula is C15H26N4O2. The van der Waals surface area contributed by atoms with Crippen LogP contribution in [0, 0.1) is 0 Å². The van der Waals surface area contributed by atoms with Crippen molar-refractivity contribution in [3.8, 4) is 5.88 Å². The number of piperazine rings is 1. The monoisotopic (exact) mass is 294 g/mol. The third-order valence-corrected chi connectivity index (χ3v) is 4.32. The van der Waals surface area contributed by atoms with Crippen molar-refractivity contribution in [2.24, 2.45) is 0 Å². The summed E-state index contributed by atoms with van der Waals surface area (Å²) in [6.07, 6.45) is 3.31. The molecule has 0 saturated carbocycles. The summed E-state index contributed by atoms with van der Waals surface area (Å²) in [7, 11) is 1.61. The van der Waals surface area contributed by atoms with Crippen LogP contribution in [0.25, 0.3) is 0 Å². The molecular weight excluding hydrogens is 268 g/mol. The van der Waals surface area contributed by atoms with E-state index in [1.165, 1.54) is 0 Å². The van der Waals surface area contributed by atoms with Gasteiger partial charge < -0.3 is 14.7 Å². The van der Waals surface area contributed by atoms with E-state index in [2.05, 4.69) is 19.8 Å². The highest BCUT2D eigenvalue weighted by Gasteiger charge is 2.28. The third kappa shape index (κ3) is 4.04. The van der Waals surface area contributed by atoms with Gasteiger partial charge in [0.2, 0.25) is 11.8 Å². The smallest absolute Gasteiger partial charge is 0.228 e. The number of anilines is 1. The predicted molar refractivity (Wildman–Crippen MR) is 82.8 cm³/mol. The zero-order valence-electron chi connectivity index (χ0n) is 13.2. The van der Waals surface area contributed by atoms with E-state index in [9.17, 15) is 5.11 Å². The minimum Gasteiger partial charge on any atom is -0.481 e. The second-order valence-electron chi connectivity index (χ2n) is 5.59. The van der Waals surface area contributed by atoms with Gasteiger partial charge in [0.25, 0.3) is 0 Å². The molecule has 0 aliphatic carbocycles. The standard InChI is InChI=1S/C15H26N4O2/c1-4-15(20,5-2)12-18-8-10-19(11-9-18)14-16-7-6-13(17-14)21-3/h6-7,20H,4-5,8-12H2,1-3H3. The minimum absolute atomic E-state index is 0.561. The zero-order chi connectivity index (χ0) is 15.3. The molecule has 1 aliphatic heterocycles. The van der Waals surface area contributed by atoms with E-state index in [0.717, 1.165) is 51.5 Å². The van der Waals surface area contributed by atoms with Crippen LogP contribution in [0.3, 0.4) is 0 Å². The molecule has 0 bridgehead atoms. The lowest BCUT2D eigenvalue weighted by Crippen LogP contribution is -2.52. The number of aromatic nitrogens is 2. The highest BCUT2D eigenvalue weighted by Crippen LogP contribution is 2.19. The van der Waals surface area contributed by atoms with Crippen LogP contribution in [0.4, 0.5) is 5.95 Å². The summed E-state index contributed by atoms with van der Waals surface area (Å²) >= 11 is 0. The first-order chi connectivity index (χ1) is 10.1. The summed E-state index contributed by atoms with van der Waals surface area (Å²) in [5.74, 6) is 1.31. The summed E-state index contributed by atoms with van der Waals surface area (Å²) in [5.41, 5.74) is -0.561. The van der Waals surface area contributed by atoms with Gasteiger partial charge in [-0.25, -0.2) is 4.98 Å². The number of hydrogen-bond donors (Lipinski definition) is 1. The Kier molecular flexibility index (Phi) is 5.36. The number of hydrogen-bond acceptors (Lipinski definition) is 6. The van der Waals surface area contributed by atoms with Crippen molar-refractivity contribution >= 4 is 5.95 Å². The maximum atomic E-state index is 10.4. The van der Waals surface area contributed by atoms with Crippen LogP contribution in [0.2, 0.25) is 0 Å². The Bertz CT molecular complexity index is 443. The highest BCUT2D eigenvalue weighted by molar-refractivity contribution is 5.32. The Morgan fingerprint density at radius 2 is 1.90 bits per heavy atom. The van der Waals surface area contributed by atoms with Gasteiger partial charge in [0, 0.05) is 45.0 Å². The molecule has 6 nitrogen and oxygen atoms in total. The van der Waals surface area contributed by atoms with E-state index >= 15 is 0 Å². The minimum atomic E-state index is -0.561. The van der Waals surface area contributed by atoms with E-state index in [1.54, 1.807) is 19.4 Å². The molecule has 118 valence electrons. The zero-order valence-corrected chi connectivity index (χ0v) is 13.2. The second-order valence-corrected chi connectivity index (χ2v) is 5.59. The Morgan fingerprint density at radius 3 is 2.48 bits per heavy atom. The van der Waals surface area contributed by atoms with E-state index in [-0.39, 0.29) is 0 Å². The molecule has 1 saturated heterocycles. The van der Waals surface area contributed by atoms with Crippen molar-refractivity contribution in [1.82, 2.24) is 14.9 Å². The fraction of sp³-hybridized carbons (Fsp3) is 0.733. The average molecular weight is 294 g/mol. The van der Waals surface area contributed by atoms with Crippen LogP contribution >= 0.6 is 0 Å². The first kappa shape index (κ1) is 16.0. The van der Waals surface area contributed by atoms with Crippen molar-refractivity contribution in [2.45, 2.75) is 32.3 Å². The second kappa shape index (κ2) is 7.04. The molecule has 2 heterocycles. The fourth-order valence-electron chi connectivity index (χ4n) is 2.59. The molecule has 21 heavy (non-hydrogen) atoms. The quantitative estimate of drug-likeness (QED) is 0.849. The van der Waals surface area contributed by atoms with Crippen LogP contribution < -0.4 is 9.64 Å². The Balaban J connectivity index is 1.91. The lowest BCUT2D eigenvalue weighted by molar-refractivity contribution is -0.00461. The van der Waals surface area contributed by atoms with E-state index in [4.69, 9.17) is 4.74 Å². The van der Waals surface area contributed by atoms with Crippen LogP contribution in [0.1, 0.15) is 26.7 Å². The lowest BCUT2D eigenvalue weighted by atomic mass is 9.96. The molecule has 0 atom stereocenters. The van der Waals surface area contributed by atoms with E-state index in [0.29, 0.717) is 5.88 Å². The number of aliphatic hydroxyl groups is 1. The number of rotatable bonds is 6. The largest absolute Gasteiger partial charge is 0.481 e. The molecule has 6 heteroatoms. The Labute approximate surface area is 126 Å². The van der Waals surface area contributed by atoms with Crippen molar-refractivity contribution < 1.29 is 9.84 Å². The molecule has 1 fully saturated rings. The van der Waals surface area contributed by atoms with Crippen LogP contribution in [0.5, 0.6) is 5.88 Å². The molecule has 1 N–H and O–H groups in total. The predicted octanol–water partition coefficient (Wildman–Crippen LogP) is 1.16. The normalized spacial score (nSPS) is 17.0. The summed E-state index contributed by atoms with van der Waals surface area (Å²) in [6, 6.07) is 1.75. The molecule has 1 aliphatic rings. The first-order valence-electron chi connectivity index (χ1n) is 7.67. The molecule has 0 spiro atoms. The number of ether oxygens (including phenoxy) is 1. The van der Waals surface area contributed by atoms with Crippen LogP contribution in [-0.4, -0.2) is 65.4 Å². The first-order valence-corrected chi connectivity index (χ1v) is 7.67. The van der Waals surface area contributed by atoms with E-state index in [1.807, 2.05) is 13.8 Å². The van der Waals surface area contributed by atoms with Crippen molar-refractivity contribution in [1.29, 1.82) is 0 Å². The van der Waals surface area contributed by atoms with Gasteiger partial charge in [0.05, 0.1) is 12.7 Å². The lowest BCUT2D eigenvalue weighted by Gasteiger charge is -2.39. The summed E-state index contributed by atoms with van der Waals surface area (Å²) < 4.78 is 5.14. The fourth-order valence-corrected chi connectivity index (χ4v) is 2.59. The van der Waals surface area contributed by atoms with Crippen LogP contribution in [0.15, 0.2) is 12.3 Å². The van der Waals surface area contributed by atoms with Crippen molar-refractivity contribution in [3.05, 3.63) is 12.3 Å². The summed E-state index contributed by atoms with van der Waals surface area (Å²) in [4.78, 5) is 13.2. The topological polar surface area (TPSA) is 61.7 Å². The van der Waals surface area contributed by atoms with Gasteiger partial charge in [-0.05, 0) is 12.8 Å². The summed E-state index contributed by atoms with van der Waals surface area (Å²) in [6.45, 7) is 8.42. The number of nitrogens with zero attached hydrogens (tertiary/aromatic N) is 4. The highest BCUT2D eigenvalue weighted by atomic mass is 16.5. The molecule has 0 radical (unpaired) electrons.